The molecule has 2 aliphatic heterocycles. The van der Waals surface area contributed by atoms with Crippen molar-refractivity contribution in [3.63, 3.8) is 0 Å². The SMILES string of the molecule is CN1CCN(CCCc2c3ccccc3c(CCCN3CCN(C)CC3)c3c2ccc2ccccc23)CC1. The monoisotopic (exact) mass is 508 g/mol. The second kappa shape index (κ2) is 11.7. The Kier molecular flexibility index (Phi) is 7.94. The maximum atomic E-state index is 2.66. The molecule has 0 bridgehead atoms. The van der Waals surface area contributed by atoms with E-state index in [1.54, 1.807) is 11.1 Å². The molecule has 0 aliphatic carbocycles. The van der Waals surface area contributed by atoms with E-state index in [2.05, 4.69) is 94.4 Å². The minimum absolute atomic E-state index is 1.14. The van der Waals surface area contributed by atoms with Gasteiger partial charge in [0, 0.05) is 52.4 Å². The van der Waals surface area contributed by atoms with Crippen molar-refractivity contribution in [2.24, 2.45) is 0 Å². The maximum Gasteiger partial charge on any atom is 0.0110 e. The molecule has 2 fully saturated rings. The van der Waals surface area contributed by atoms with Crippen LogP contribution in [0.5, 0.6) is 0 Å². The van der Waals surface area contributed by atoms with Crippen molar-refractivity contribution in [2.45, 2.75) is 25.7 Å². The van der Waals surface area contributed by atoms with Crippen LogP contribution in [0.1, 0.15) is 24.0 Å². The van der Waals surface area contributed by atoms with Gasteiger partial charge in [0.15, 0.2) is 0 Å². The first kappa shape index (κ1) is 25.8. The van der Waals surface area contributed by atoms with E-state index in [4.69, 9.17) is 0 Å². The first-order valence-corrected chi connectivity index (χ1v) is 14.8. The van der Waals surface area contributed by atoms with Gasteiger partial charge in [-0.25, -0.2) is 0 Å². The molecule has 2 aliphatic rings. The Bertz CT molecular complexity index is 1380. The minimum Gasteiger partial charge on any atom is -0.304 e. The molecule has 0 spiro atoms. The topological polar surface area (TPSA) is 13.0 Å². The Hall–Kier alpha value is -2.50. The van der Waals surface area contributed by atoms with Gasteiger partial charge in [0.2, 0.25) is 0 Å². The van der Waals surface area contributed by atoms with Gasteiger partial charge in [-0.1, -0.05) is 60.7 Å². The van der Waals surface area contributed by atoms with Crippen LogP contribution >= 0.6 is 0 Å². The molecule has 2 saturated heterocycles. The summed E-state index contributed by atoms with van der Waals surface area (Å²) in [5.74, 6) is 0. The quantitative estimate of drug-likeness (QED) is 0.230. The zero-order valence-electron chi connectivity index (χ0n) is 23.5. The maximum absolute atomic E-state index is 2.66. The molecule has 0 N–H and O–H groups in total. The van der Waals surface area contributed by atoms with Crippen LogP contribution in [-0.2, 0) is 12.8 Å². The van der Waals surface area contributed by atoms with E-state index in [1.165, 1.54) is 111 Å². The van der Waals surface area contributed by atoms with E-state index in [0.717, 1.165) is 12.8 Å². The normalized spacial score (nSPS) is 18.7. The fraction of sp³-hybridized carbons (Fsp3) is 0.471. The van der Waals surface area contributed by atoms with Crippen LogP contribution in [0.3, 0.4) is 0 Å². The molecule has 200 valence electrons. The number of rotatable bonds is 8. The summed E-state index contributed by atoms with van der Waals surface area (Å²) in [5, 5.41) is 8.72. The third kappa shape index (κ3) is 5.46. The van der Waals surface area contributed by atoms with Gasteiger partial charge in [0.05, 0.1) is 0 Å². The van der Waals surface area contributed by atoms with Crippen LogP contribution < -0.4 is 0 Å². The predicted octanol–water partition coefficient (Wildman–Crippen LogP) is 5.51. The van der Waals surface area contributed by atoms with Crippen LogP contribution in [0.2, 0.25) is 0 Å². The molecule has 6 rings (SSSR count). The molecule has 2 heterocycles. The highest BCUT2D eigenvalue weighted by molar-refractivity contribution is 6.16. The summed E-state index contributed by atoms with van der Waals surface area (Å²) < 4.78 is 0. The van der Waals surface area contributed by atoms with Crippen LogP contribution in [0.15, 0.2) is 60.7 Å². The third-order valence-electron chi connectivity index (χ3n) is 9.13. The van der Waals surface area contributed by atoms with E-state index < -0.39 is 0 Å². The second-order valence-electron chi connectivity index (χ2n) is 11.7. The van der Waals surface area contributed by atoms with Gasteiger partial charge in [0.1, 0.15) is 0 Å². The molecule has 4 heteroatoms. The van der Waals surface area contributed by atoms with E-state index in [-0.39, 0.29) is 0 Å². The molecule has 0 unspecified atom stereocenters. The van der Waals surface area contributed by atoms with Crippen LogP contribution in [-0.4, -0.2) is 99.1 Å². The van der Waals surface area contributed by atoms with Crippen molar-refractivity contribution < 1.29 is 0 Å². The van der Waals surface area contributed by atoms with Crippen molar-refractivity contribution in [3.05, 3.63) is 71.8 Å². The Morgan fingerprint density at radius 3 is 1.61 bits per heavy atom. The Balaban J connectivity index is 1.34. The summed E-state index contributed by atoms with van der Waals surface area (Å²) in [5.41, 5.74) is 3.11. The summed E-state index contributed by atoms with van der Waals surface area (Å²) >= 11 is 0. The molecule has 0 amide bonds. The lowest BCUT2D eigenvalue weighted by Gasteiger charge is -2.32. The Morgan fingerprint density at radius 2 is 1.00 bits per heavy atom. The second-order valence-corrected chi connectivity index (χ2v) is 11.7. The van der Waals surface area contributed by atoms with Crippen LogP contribution in [0, 0.1) is 0 Å². The first-order chi connectivity index (χ1) is 18.7. The molecular weight excluding hydrogens is 464 g/mol. The van der Waals surface area contributed by atoms with Gasteiger partial charge < -0.3 is 19.6 Å². The van der Waals surface area contributed by atoms with E-state index >= 15 is 0 Å². The summed E-state index contributed by atoms with van der Waals surface area (Å²) in [6, 6.07) is 23.1. The highest BCUT2D eigenvalue weighted by Gasteiger charge is 2.19. The van der Waals surface area contributed by atoms with Crippen molar-refractivity contribution >= 4 is 32.3 Å². The Morgan fingerprint density at radius 1 is 0.500 bits per heavy atom. The smallest absolute Gasteiger partial charge is 0.0110 e. The van der Waals surface area contributed by atoms with Gasteiger partial charge in [-0.3, -0.25) is 0 Å². The lowest BCUT2D eigenvalue weighted by atomic mass is 9.86. The average molecular weight is 509 g/mol. The number of benzene rings is 4. The van der Waals surface area contributed by atoms with Crippen LogP contribution in [0.4, 0.5) is 0 Å². The highest BCUT2D eigenvalue weighted by Crippen LogP contribution is 2.38. The zero-order valence-corrected chi connectivity index (χ0v) is 23.5. The van der Waals surface area contributed by atoms with Gasteiger partial charge in [-0.2, -0.15) is 0 Å². The first-order valence-electron chi connectivity index (χ1n) is 14.8. The summed E-state index contributed by atoms with van der Waals surface area (Å²) in [7, 11) is 4.49. The fourth-order valence-electron chi connectivity index (χ4n) is 6.77. The molecule has 0 atom stereocenters. The van der Waals surface area contributed by atoms with Crippen LogP contribution in [0.25, 0.3) is 32.3 Å². The molecule has 4 aromatic rings. The van der Waals surface area contributed by atoms with E-state index in [0.29, 0.717) is 0 Å². The van der Waals surface area contributed by atoms with Gasteiger partial charge in [-0.15, -0.1) is 0 Å². The standard InChI is InChI=1S/C34H44N4/c1-35-19-23-37(24-20-35)17-7-13-31-29-11-5-6-12-30(29)32(14-8-18-38-25-21-36(2)22-26-38)34-28-10-4-3-9-27(28)15-16-33(31)34/h3-6,9-12,15-16H,7-8,13-14,17-26H2,1-2H3. The average Bonchev–Trinajstić information content (AvgIpc) is 2.95. The fourth-order valence-corrected chi connectivity index (χ4v) is 6.77. The number of piperazine rings is 2. The molecule has 4 nitrogen and oxygen atoms in total. The summed E-state index contributed by atoms with van der Waals surface area (Å²) in [6.07, 6.45) is 4.72. The largest absolute Gasteiger partial charge is 0.304 e. The van der Waals surface area contributed by atoms with Crippen molar-refractivity contribution in [1.29, 1.82) is 0 Å². The van der Waals surface area contributed by atoms with Crippen molar-refractivity contribution in [1.82, 2.24) is 19.6 Å². The van der Waals surface area contributed by atoms with Gasteiger partial charge >= 0.3 is 0 Å². The molecule has 0 aromatic heterocycles. The molecule has 0 saturated carbocycles. The van der Waals surface area contributed by atoms with E-state index in [1.807, 2.05) is 0 Å². The summed E-state index contributed by atoms with van der Waals surface area (Å²) in [6.45, 7) is 12.0. The molecule has 4 aromatic carbocycles. The van der Waals surface area contributed by atoms with E-state index in [9.17, 15) is 0 Å². The van der Waals surface area contributed by atoms with Crippen molar-refractivity contribution in [2.75, 3.05) is 79.5 Å². The predicted molar refractivity (Wildman–Crippen MR) is 163 cm³/mol. The summed E-state index contributed by atoms with van der Waals surface area (Å²) in [4.78, 5) is 10.2. The van der Waals surface area contributed by atoms with Crippen molar-refractivity contribution in [3.8, 4) is 0 Å². The number of hydrogen-bond donors (Lipinski definition) is 0. The third-order valence-corrected chi connectivity index (χ3v) is 9.13. The zero-order chi connectivity index (χ0) is 25.9. The molecule has 38 heavy (non-hydrogen) atoms. The minimum atomic E-state index is 1.14. The molecule has 0 radical (unpaired) electrons. The highest BCUT2D eigenvalue weighted by atomic mass is 15.2. The van der Waals surface area contributed by atoms with Gasteiger partial charge in [0.25, 0.3) is 0 Å². The number of likely N-dealkylation sites (N-methyl/N-ethyl adjacent to an activating group) is 2. The Labute approximate surface area is 228 Å². The number of fused-ring (bicyclic) bond motifs is 4. The number of nitrogens with zero attached hydrogens (tertiary/aromatic N) is 4. The number of aryl methyl sites for hydroxylation is 2. The number of hydrogen-bond acceptors (Lipinski definition) is 4. The lowest BCUT2D eigenvalue weighted by Crippen LogP contribution is -2.44. The lowest BCUT2D eigenvalue weighted by molar-refractivity contribution is 0.153. The van der Waals surface area contributed by atoms with Gasteiger partial charge in [-0.05, 0) is 96.3 Å². The molecular formula is C34H44N4.